The molecule has 17 heavy (non-hydrogen) atoms. The second kappa shape index (κ2) is 4.34. The Morgan fingerprint density at radius 2 is 1.88 bits per heavy atom. The first-order chi connectivity index (χ1) is 8.31. The molecule has 1 saturated carbocycles. The van der Waals surface area contributed by atoms with E-state index >= 15 is 0 Å². The maximum absolute atomic E-state index is 9.16. The normalized spacial score (nSPS) is 22.5. The van der Waals surface area contributed by atoms with Crippen molar-refractivity contribution in [3.8, 4) is 0 Å². The summed E-state index contributed by atoms with van der Waals surface area (Å²) in [6, 6.07) is 8.32. The van der Waals surface area contributed by atoms with Gasteiger partial charge < -0.3 is 10.0 Å². The number of rotatable bonds is 2. The van der Waals surface area contributed by atoms with Crippen molar-refractivity contribution >= 4 is 5.69 Å². The molecule has 0 aromatic heterocycles. The standard InChI is InChI=1S/C15H21NO/c17-10-13-5-4-6-14(9-13)16-11-15(12-16)7-2-1-3-8-15/h4-6,9,17H,1-3,7-8,10-12H2. The van der Waals surface area contributed by atoms with Crippen molar-refractivity contribution in [3.63, 3.8) is 0 Å². The predicted molar refractivity (Wildman–Crippen MR) is 70.1 cm³/mol. The summed E-state index contributed by atoms with van der Waals surface area (Å²) in [7, 11) is 0. The van der Waals surface area contributed by atoms with Crippen LogP contribution in [0.5, 0.6) is 0 Å². The summed E-state index contributed by atoms with van der Waals surface area (Å²) in [6.45, 7) is 2.59. The molecule has 2 fully saturated rings. The van der Waals surface area contributed by atoms with Crippen LogP contribution in [-0.4, -0.2) is 18.2 Å². The third-order valence-electron chi connectivity index (χ3n) is 4.43. The first-order valence-electron chi connectivity index (χ1n) is 6.76. The van der Waals surface area contributed by atoms with Gasteiger partial charge in [-0.3, -0.25) is 0 Å². The van der Waals surface area contributed by atoms with Crippen molar-refractivity contribution in [2.24, 2.45) is 5.41 Å². The number of benzene rings is 1. The van der Waals surface area contributed by atoms with E-state index in [1.54, 1.807) is 0 Å². The fourth-order valence-electron chi connectivity index (χ4n) is 3.42. The summed E-state index contributed by atoms with van der Waals surface area (Å²) in [5.74, 6) is 0. The zero-order chi connectivity index (χ0) is 11.7. The SMILES string of the molecule is OCc1cccc(N2CC3(CCCCC3)C2)c1. The van der Waals surface area contributed by atoms with E-state index in [9.17, 15) is 0 Å². The summed E-state index contributed by atoms with van der Waals surface area (Å²) in [5.41, 5.74) is 2.94. The molecule has 0 unspecified atom stereocenters. The van der Waals surface area contributed by atoms with Crippen LogP contribution in [0.2, 0.25) is 0 Å². The van der Waals surface area contributed by atoms with Crippen LogP contribution in [0.15, 0.2) is 24.3 Å². The van der Waals surface area contributed by atoms with Crippen molar-refractivity contribution in [3.05, 3.63) is 29.8 Å². The van der Waals surface area contributed by atoms with Crippen LogP contribution in [0.1, 0.15) is 37.7 Å². The van der Waals surface area contributed by atoms with Crippen LogP contribution in [0.4, 0.5) is 5.69 Å². The van der Waals surface area contributed by atoms with Crippen molar-refractivity contribution < 1.29 is 5.11 Å². The maximum Gasteiger partial charge on any atom is 0.0682 e. The number of hydrogen-bond acceptors (Lipinski definition) is 2. The zero-order valence-corrected chi connectivity index (χ0v) is 10.4. The second-order valence-electron chi connectivity index (χ2n) is 5.74. The van der Waals surface area contributed by atoms with Crippen LogP contribution in [-0.2, 0) is 6.61 Å². The first kappa shape index (κ1) is 11.1. The molecule has 0 bridgehead atoms. The molecule has 0 radical (unpaired) electrons. The maximum atomic E-state index is 9.16. The molecule has 3 rings (SSSR count). The third kappa shape index (κ3) is 2.06. The Hall–Kier alpha value is -1.02. The number of aliphatic hydroxyl groups is 1. The van der Waals surface area contributed by atoms with Gasteiger partial charge in [-0.25, -0.2) is 0 Å². The fraction of sp³-hybridized carbons (Fsp3) is 0.600. The molecule has 2 aliphatic rings. The van der Waals surface area contributed by atoms with Gasteiger partial charge in [-0.1, -0.05) is 31.4 Å². The van der Waals surface area contributed by atoms with Gasteiger partial charge in [0, 0.05) is 24.2 Å². The molecule has 0 amide bonds. The fourth-order valence-corrected chi connectivity index (χ4v) is 3.42. The van der Waals surface area contributed by atoms with Crippen LogP contribution < -0.4 is 4.90 Å². The Bertz CT molecular complexity index is 388. The summed E-state index contributed by atoms with van der Waals surface area (Å²) >= 11 is 0. The summed E-state index contributed by atoms with van der Waals surface area (Å²) < 4.78 is 0. The van der Waals surface area contributed by atoms with Gasteiger partial charge in [0.25, 0.3) is 0 Å². The molecular formula is C15H21NO. The highest BCUT2D eigenvalue weighted by atomic mass is 16.3. The van der Waals surface area contributed by atoms with Gasteiger partial charge in [-0.2, -0.15) is 0 Å². The largest absolute Gasteiger partial charge is 0.392 e. The van der Waals surface area contributed by atoms with E-state index < -0.39 is 0 Å². The van der Waals surface area contributed by atoms with E-state index in [0.717, 1.165) is 5.56 Å². The molecule has 1 heterocycles. The van der Waals surface area contributed by atoms with Gasteiger partial charge >= 0.3 is 0 Å². The molecule has 1 aromatic rings. The molecule has 92 valence electrons. The summed E-state index contributed by atoms with van der Waals surface area (Å²) in [6.07, 6.45) is 7.11. The molecule has 1 aliphatic carbocycles. The van der Waals surface area contributed by atoms with Crippen LogP contribution in [0.25, 0.3) is 0 Å². The van der Waals surface area contributed by atoms with E-state index in [4.69, 9.17) is 5.11 Å². The minimum atomic E-state index is 0.146. The van der Waals surface area contributed by atoms with Crippen molar-refractivity contribution in [2.75, 3.05) is 18.0 Å². The topological polar surface area (TPSA) is 23.5 Å². The van der Waals surface area contributed by atoms with Gasteiger partial charge in [0.05, 0.1) is 6.61 Å². The van der Waals surface area contributed by atoms with Crippen LogP contribution >= 0.6 is 0 Å². The van der Waals surface area contributed by atoms with E-state index in [0.29, 0.717) is 5.41 Å². The molecule has 1 N–H and O–H groups in total. The highest BCUT2D eigenvalue weighted by Crippen LogP contribution is 2.45. The van der Waals surface area contributed by atoms with Gasteiger partial charge in [-0.15, -0.1) is 0 Å². The number of anilines is 1. The number of nitrogens with zero attached hydrogens (tertiary/aromatic N) is 1. The highest BCUT2D eigenvalue weighted by Gasteiger charge is 2.43. The van der Waals surface area contributed by atoms with Gasteiger partial charge in [0.1, 0.15) is 0 Å². The lowest BCUT2D eigenvalue weighted by atomic mass is 9.68. The van der Waals surface area contributed by atoms with Gasteiger partial charge in [0.2, 0.25) is 0 Å². The molecule has 2 nitrogen and oxygen atoms in total. The van der Waals surface area contributed by atoms with Crippen molar-refractivity contribution in [2.45, 2.75) is 38.7 Å². The minimum absolute atomic E-state index is 0.146. The van der Waals surface area contributed by atoms with Gasteiger partial charge in [-0.05, 0) is 30.5 Å². The van der Waals surface area contributed by atoms with E-state index in [1.807, 2.05) is 12.1 Å². The molecular weight excluding hydrogens is 210 g/mol. The van der Waals surface area contributed by atoms with Crippen LogP contribution in [0, 0.1) is 5.41 Å². The van der Waals surface area contributed by atoms with Gasteiger partial charge in [0.15, 0.2) is 0 Å². The lowest BCUT2D eigenvalue weighted by molar-refractivity contribution is 0.139. The predicted octanol–water partition coefficient (Wildman–Crippen LogP) is 2.95. The monoisotopic (exact) mass is 231 g/mol. The molecule has 1 saturated heterocycles. The van der Waals surface area contributed by atoms with Crippen molar-refractivity contribution in [1.82, 2.24) is 0 Å². The Labute approximate surface area is 103 Å². The third-order valence-corrected chi connectivity index (χ3v) is 4.43. The molecule has 1 spiro atoms. The second-order valence-corrected chi connectivity index (χ2v) is 5.74. The lowest BCUT2D eigenvalue weighted by Gasteiger charge is -2.53. The highest BCUT2D eigenvalue weighted by molar-refractivity contribution is 5.51. The lowest BCUT2D eigenvalue weighted by Crippen LogP contribution is -2.57. The quantitative estimate of drug-likeness (QED) is 0.846. The summed E-state index contributed by atoms with van der Waals surface area (Å²) in [5, 5.41) is 9.16. The Morgan fingerprint density at radius 3 is 2.59 bits per heavy atom. The molecule has 1 aliphatic heterocycles. The average Bonchev–Trinajstić information content (AvgIpc) is 2.37. The van der Waals surface area contributed by atoms with E-state index in [-0.39, 0.29) is 6.61 Å². The smallest absolute Gasteiger partial charge is 0.0682 e. The number of hydrogen-bond donors (Lipinski definition) is 1. The molecule has 1 aromatic carbocycles. The molecule has 0 atom stereocenters. The Balaban J connectivity index is 1.67. The zero-order valence-electron chi connectivity index (χ0n) is 10.4. The van der Waals surface area contributed by atoms with E-state index in [2.05, 4.69) is 17.0 Å². The van der Waals surface area contributed by atoms with E-state index in [1.165, 1.54) is 50.9 Å². The minimum Gasteiger partial charge on any atom is -0.392 e. The Kier molecular flexibility index (Phi) is 2.83. The molecule has 2 heteroatoms. The van der Waals surface area contributed by atoms with Crippen molar-refractivity contribution in [1.29, 1.82) is 0 Å². The first-order valence-corrected chi connectivity index (χ1v) is 6.76. The average molecular weight is 231 g/mol. The Morgan fingerprint density at radius 1 is 1.12 bits per heavy atom. The number of aliphatic hydroxyl groups excluding tert-OH is 1. The summed E-state index contributed by atoms with van der Waals surface area (Å²) in [4.78, 5) is 2.46. The van der Waals surface area contributed by atoms with Crippen LogP contribution in [0.3, 0.4) is 0 Å².